The fourth-order valence-corrected chi connectivity index (χ4v) is 3.61. The number of hydrogen-bond acceptors (Lipinski definition) is 5. The van der Waals surface area contributed by atoms with Crippen LogP contribution in [-0.2, 0) is 13.1 Å². The SMILES string of the molecule is CN(Cc1cccnc1)CC1CCN(Cc2cscn2)C1. The molecule has 1 aliphatic rings. The predicted octanol–water partition coefficient (Wildman–Crippen LogP) is 2.49. The number of rotatable bonds is 6. The molecule has 5 heteroatoms. The van der Waals surface area contributed by atoms with Crippen molar-refractivity contribution in [1.82, 2.24) is 19.8 Å². The van der Waals surface area contributed by atoms with Crippen LogP contribution in [0.2, 0.25) is 0 Å². The van der Waals surface area contributed by atoms with Crippen LogP contribution in [0.3, 0.4) is 0 Å². The second kappa shape index (κ2) is 7.11. The van der Waals surface area contributed by atoms with Crippen molar-refractivity contribution >= 4 is 11.3 Å². The summed E-state index contributed by atoms with van der Waals surface area (Å²) >= 11 is 1.68. The molecule has 1 saturated heterocycles. The molecule has 3 heterocycles. The molecule has 112 valence electrons. The second-order valence-corrected chi connectivity index (χ2v) is 6.65. The summed E-state index contributed by atoms with van der Waals surface area (Å²) in [4.78, 5) is 13.5. The van der Waals surface area contributed by atoms with Gasteiger partial charge in [0.15, 0.2) is 0 Å². The van der Waals surface area contributed by atoms with Crippen LogP contribution < -0.4 is 0 Å². The first kappa shape index (κ1) is 14.6. The number of likely N-dealkylation sites (tertiary alicyclic amines) is 1. The van der Waals surface area contributed by atoms with E-state index in [9.17, 15) is 0 Å². The summed E-state index contributed by atoms with van der Waals surface area (Å²) in [6, 6.07) is 4.15. The quantitative estimate of drug-likeness (QED) is 0.820. The molecule has 1 fully saturated rings. The van der Waals surface area contributed by atoms with Crippen molar-refractivity contribution in [3.63, 3.8) is 0 Å². The van der Waals surface area contributed by atoms with Crippen molar-refractivity contribution in [1.29, 1.82) is 0 Å². The van der Waals surface area contributed by atoms with Gasteiger partial charge in [-0.3, -0.25) is 9.88 Å². The van der Waals surface area contributed by atoms with E-state index in [2.05, 4.69) is 38.3 Å². The highest BCUT2D eigenvalue weighted by molar-refractivity contribution is 7.07. The Hall–Kier alpha value is -1.30. The molecule has 0 spiro atoms. The molecule has 2 aromatic rings. The van der Waals surface area contributed by atoms with Crippen LogP contribution in [0.15, 0.2) is 35.4 Å². The van der Waals surface area contributed by atoms with Crippen molar-refractivity contribution in [2.24, 2.45) is 5.92 Å². The van der Waals surface area contributed by atoms with E-state index in [1.165, 1.54) is 30.8 Å². The van der Waals surface area contributed by atoms with E-state index >= 15 is 0 Å². The maximum absolute atomic E-state index is 4.38. The summed E-state index contributed by atoms with van der Waals surface area (Å²) in [7, 11) is 2.20. The van der Waals surface area contributed by atoms with Crippen molar-refractivity contribution in [3.05, 3.63) is 46.7 Å². The molecule has 0 bridgehead atoms. The first-order valence-corrected chi connectivity index (χ1v) is 8.41. The van der Waals surface area contributed by atoms with Crippen molar-refractivity contribution < 1.29 is 0 Å². The van der Waals surface area contributed by atoms with Gasteiger partial charge in [-0.2, -0.15) is 0 Å². The van der Waals surface area contributed by atoms with Gasteiger partial charge in [0.2, 0.25) is 0 Å². The van der Waals surface area contributed by atoms with Crippen LogP contribution in [0.25, 0.3) is 0 Å². The molecular weight excluding hydrogens is 280 g/mol. The third-order valence-corrected chi connectivity index (χ3v) is 4.62. The van der Waals surface area contributed by atoms with Crippen LogP contribution in [-0.4, -0.2) is 46.4 Å². The first-order chi connectivity index (χ1) is 10.3. The molecule has 21 heavy (non-hydrogen) atoms. The van der Waals surface area contributed by atoms with E-state index < -0.39 is 0 Å². The Labute approximate surface area is 130 Å². The highest BCUT2D eigenvalue weighted by Gasteiger charge is 2.23. The molecule has 0 aromatic carbocycles. The van der Waals surface area contributed by atoms with Crippen LogP contribution in [0, 0.1) is 5.92 Å². The van der Waals surface area contributed by atoms with Crippen LogP contribution in [0.4, 0.5) is 0 Å². The highest BCUT2D eigenvalue weighted by Crippen LogP contribution is 2.20. The minimum Gasteiger partial charge on any atom is -0.302 e. The summed E-state index contributed by atoms with van der Waals surface area (Å²) in [5, 5.41) is 2.15. The molecule has 0 N–H and O–H groups in total. The lowest BCUT2D eigenvalue weighted by atomic mass is 10.1. The molecular formula is C16H22N4S. The monoisotopic (exact) mass is 302 g/mol. The zero-order chi connectivity index (χ0) is 14.5. The largest absolute Gasteiger partial charge is 0.302 e. The maximum Gasteiger partial charge on any atom is 0.0795 e. The molecule has 4 nitrogen and oxygen atoms in total. The van der Waals surface area contributed by atoms with Crippen LogP contribution >= 0.6 is 11.3 Å². The first-order valence-electron chi connectivity index (χ1n) is 7.46. The van der Waals surface area contributed by atoms with Gasteiger partial charge in [-0.1, -0.05) is 6.07 Å². The second-order valence-electron chi connectivity index (χ2n) is 5.93. The van der Waals surface area contributed by atoms with Gasteiger partial charge >= 0.3 is 0 Å². The average Bonchev–Trinajstić information content (AvgIpc) is 3.13. The molecule has 1 aliphatic heterocycles. The standard InChI is InChI=1S/C16H22N4S/c1-19(8-14-3-2-5-17-7-14)9-15-4-6-20(10-15)11-16-12-21-13-18-16/h2-3,5,7,12-13,15H,4,6,8-11H2,1H3. The fraction of sp³-hybridized carbons (Fsp3) is 0.500. The van der Waals surface area contributed by atoms with E-state index in [-0.39, 0.29) is 0 Å². The molecule has 2 aromatic heterocycles. The van der Waals surface area contributed by atoms with Gasteiger partial charge in [0.1, 0.15) is 0 Å². The van der Waals surface area contributed by atoms with Crippen LogP contribution in [0.5, 0.6) is 0 Å². The van der Waals surface area contributed by atoms with Crippen molar-refractivity contribution in [3.8, 4) is 0 Å². The molecule has 0 radical (unpaired) electrons. The Morgan fingerprint density at radius 2 is 2.43 bits per heavy atom. The number of pyridine rings is 1. The van der Waals surface area contributed by atoms with Gasteiger partial charge in [-0.15, -0.1) is 11.3 Å². The van der Waals surface area contributed by atoms with Gasteiger partial charge in [0, 0.05) is 44.0 Å². The average molecular weight is 302 g/mol. The number of hydrogen-bond donors (Lipinski definition) is 0. The van der Waals surface area contributed by atoms with Crippen LogP contribution in [0.1, 0.15) is 17.7 Å². The van der Waals surface area contributed by atoms with E-state index in [0.29, 0.717) is 0 Å². The summed E-state index contributed by atoms with van der Waals surface area (Å²) < 4.78 is 0. The maximum atomic E-state index is 4.38. The fourth-order valence-electron chi connectivity index (χ4n) is 3.06. The van der Waals surface area contributed by atoms with Crippen molar-refractivity contribution in [2.75, 3.05) is 26.7 Å². The Bertz CT molecular complexity index is 528. The highest BCUT2D eigenvalue weighted by atomic mass is 32.1. The predicted molar refractivity (Wildman–Crippen MR) is 86.1 cm³/mol. The van der Waals surface area contributed by atoms with Gasteiger partial charge in [-0.25, -0.2) is 4.98 Å². The van der Waals surface area contributed by atoms with E-state index in [1.807, 2.05) is 24.0 Å². The Morgan fingerprint density at radius 1 is 1.48 bits per heavy atom. The van der Waals surface area contributed by atoms with Gasteiger partial charge in [0.25, 0.3) is 0 Å². The molecule has 1 unspecified atom stereocenters. The van der Waals surface area contributed by atoms with E-state index in [1.54, 1.807) is 11.3 Å². The van der Waals surface area contributed by atoms with Gasteiger partial charge in [-0.05, 0) is 37.6 Å². The molecule has 0 saturated carbocycles. The van der Waals surface area contributed by atoms with E-state index in [0.717, 1.165) is 25.6 Å². The smallest absolute Gasteiger partial charge is 0.0795 e. The Balaban J connectivity index is 1.44. The molecule has 1 atom stereocenters. The van der Waals surface area contributed by atoms with Gasteiger partial charge in [0.05, 0.1) is 11.2 Å². The third-order valence-electron chi connectivity index (χ3n) is 3.98. The normalized spacial score (nSPS) is 19.4. The van der Waals surface area contributed by atoms with Crippen molar-refractivity contribution in [2.45, 2.75) is 19.5 Å². The zero-order valence-electron chi connectivity index (χ0n) is 12.5. The summed E-state index contributed by atoms with van der Waals surface area (Å²) in [5.74, 6) is 0.769. The summed E-state index contributed by atoms with van der Waals surface area (Å²) in [6.07, 6.45) is 5.08. The molecule has 0 amide bonds. The lowest BCUT2D eigenvalue weighted by Crippen LogP contribution is -2.28. The third kappa shape index (κ3) is 4.33. The summed E-state index contributed by atoms with van der Waals surface area (Å²) in [6.45, 7) is 5.53. The molecule has 3 rings (SSSR count). The Kier molecular flexibility index (Phi) is 4.95. The number of aromatic nitrogens is 2. The minimum atomic E-state index is 0.769. The Morgan fingerprint density at radius 3 is 3.19 bits per heavy atom. The number of nitrogens with zero attached hydrogens (tertiary/aromatic N) is 4. The lowest BCUT2D eigenvalue weighted by Gasteiger charge is -2.21. The zero-order valence-corrected chi connectivity index (χ0v) is 13.3. The topological polar surface area (TPSA) is 32.3 Å². The van der Waals surface area contributed by atoms with E-state index in [4.69, 9.17) is 0 Å². The lowest BCUT2D eigenvalue weighted by molar-refractivity contribution is 0.254. The summed E-state index contributed by atoms with van der Waals surface area (Å²) in [5.41, 5.74) is 4.42. The minimum absolute atomic E-state index is 0.769. The number of thiazole rings is 1. The van der Waals surface area contributed by atoms with Gasteiger partial charge < -0.3 is 4.90 Å². The molecule has 0 aliphatic carbocycles.